The van der Waals surface area contributed by atoms with Gasteiger partial charge in [-0.25, -0.2) is 0 Å². The van der Waals surface area contributed by atoms with Crippen molar-refractivity contribution in [1.82, 2.24) is 10.2 Å². The lowest BCUT2D eigenvalue weighted by atomic mass is 9.80. The molecule has 4 nitrogen and oxygen atoms in total. The van der Waals surface area contributed by atoms with Gasteiger partial charge in [-0.15, -0.1) is 0 Å². The number of rotatable bonds is 2. The monoisotopic (exact) mass is 294 g/mol. The number of hydrogen-bond donors (Lipinski definition) is 1. The van der Waals surface area contributed by atoms with Crippen molar-refractivity contribution in [1.29, 1.82) is 0 Å². The third kappa shape index (κ3) is 2.82. The number of carbonyl (C=O) groups is 2. The zero-order valence-electron chi connectivity index (χ0n) is 14.3. The maximum absolute atomic E-state index is 13.1. The Labute approximate surface area is 128 Å². The van der Waals surface area contributed by atoms with Crippen molar-refractivity contribution >= 4 is 11.8 Å². The Morgan fingerprint density at radius 3 is 2.33 bits per heavy atom. The van der Waals surface area contributed by atoms with Crippen molar-refractivity contribution in [2.75, 3.05) is 0 Å². The van der Waals surface area contributed by atoms with E-state index in [1.807, 2.05) is 32.6 Å². The fourth-order valence-corrected chi connectivity index (χ4v) is 3.89. The number of hydrogen-bond acceptors (Lipinski definition) is 2. The van der Waals surface area contributed by atoms with Crippen LogP contribution >= 0.6 is 0 Å². The highest BCUT2D eigenvalue weighted by molar-refractivity contribution is 5.97. The molecule has 0 aromatic rings. The smallest absolute Gasteiger partial charge is 0.246 e. The highest BCUT2D eigenvalue weighted by Gasteiger charge is 2.51. The highest BCUT2D eigenvalue weighted by atomic mass is 16.2. The zero-order valence-corrected chi connectivity index (χ0v) is 14.3. The van der Waals surface area contributed by atoms with Crippen LogP contribution in [0.2, 0.25) is 0 Å². The van der Waals surface area contributed by atoms with Crippen LogP contribution < -0.4 is 5.32 Å². The summed E-state index contributed by atoms with van der Waals surface area (Å²) in [6.07, 6.45) is 3.96. The first-order chi connectivity index (χ1) is 9.59. The lowest BCUT2D eigenvalue weighted by Crippen LogP contribution is -2.69. The Morgan fingerprint density at radius 2 is 1.90 bits per heavy atom. The van der Waals surface area contributed by atoms with E-state index in [-0.39, 0.29) is 34.7 Å². The zero-order chi connectivity index (χ0) is 16.0. The van der Waals surface area contributed by atoms with Gasteiger partial charge in [-0.2, -0.15) is 0 Å². The molecule has 0 radical (unpaired) electrons. The highest BCUT2D eigenvalue weighted by Crippen LogP contribution is 2.43. The SMILES string of the molecule is CCC1C(=O)NC(C(C)(C)C)C(=O)N1C1CCCC1(C)C. The van der Waals surface area contributed by atoms with Gasteiger partial charge in [0.05, 0.1) is 0 Å². The lowest BCUT2D eigenvalue weighted by Gasteiger charge is -2.48. The summed E-state index contributed by atoms with van der Waals surface area (Å²) in [7, 11) is 0. The third-order valence-electron chi connectivity index (χ3n) is 5.22. The largest absolute Gasteiger partial charge is 0.342 e. The topological polar surface area (TPSA) is 49.4 Å². The number of amides is 2. The van der Waals surface area contributed by atoms with Gasteiger partial charge in [-0.3, -0.25) is 9.59 Å². The van der Waals surface area contributed by atoms with E-state index in [4.69, 9.17) is 0 Å². The maximum atomic E-state index is 13.1. The van der Waals surface area contributed by atoms with E-state index < -0.39 is 6.04 Å². The molecule has 1 saturated heterocycles. The third-order valence-corrected chi connectivity index (χ3v) is 5.22. The summed E-state index contributed by atoms with van der Waals surface area (Å²) in [6.45, 7) is 12.5. The van der Waals surface area contributed by atoms with Gasteiger partial charge in [-0.05, 0) is 30.1 Å². The molecular formula is C17H30N2O2. The molecule has 0 aromatic heterocycles. The minimum absolute atomic E-state index is 0.0136. The first-order valence-corrected chi connectivity index (χ1v) is 8.22. The fraction of sp³-hybridized carbons (Fsp3) is 0.882. The van der Waals surface area contributed by atoms with E-state index in [1.54, 1.807) is 0 Å². The van der Waals surface area contributed by atoms with Crippen LogP contribution in [0.4, 0.5) is 0 Å². The molecule has 1 saturated carbocycles. The van der Waals surface area contributed by atoms with E-state index >= 15 is 0 Å². The summed E-state index contributed by atoms with van der Waals surface area (Å²) < 4.78 is 0. The standard InChI is InChI=1S/C17H30N2O2/c1-7-11-14(20)18-13(16(2,3)4)15(21)19(11)12-9-8-10-17(12,5)6/h11-13H,7-10H2,1-6H3,(H,18,20). The number of nitrogens with zero attached hydrogens (tertiary/aromatic N) is 1. The molecule has 3 atom stereocenters. The van der Waals surface area contributed by atoms with Crippen LogP contribution in [0.5, 0.6) is 0 Å². The summed E-state index contributed by atoms with van der Waals surface area (Å²) in [6, 6.07) is -0.534. The molecule has 21 heavy (non-hydrogen) atoms. The fourth-order valence-electron chi connectivity index (χ4n) is 3.89. The average Bonchev–Trinajstić information content (AvgIpc) is 2.69. The minimum atomic E-state index is -0.413. The van der Waals surface area contributed by atoms with Gasteiger partial charge in [-0.1, -0.05) is 48.0 Å². The first-order valence-electron chi connectivity index (χ1n) is 8.22. The predicted octanol–water partition coefficient (Wildman–Crippen LogP) is 2.72. The minimum Gasteiger partial charge on any atom is -0.342 e. The van der Waals surface area contributed by atoms with Gasteiger partial charge in [0.1, 0.15) is 12.1 Å². The Kier molecular flexibility index (Phi) is 4.11. The molecule has 1 aliphatic heterocycles. The van der Waals surface area contributed by atoms with Gasteiger partial charge in [0, 0.05) is 6.04 Å². The molecule has 120 valence electrons. The van der Waals surface area contributed by atoms with Gasteiger partial charge < -0.3 is 10.2 Å². The normalized spacial score (nSPS) is 33.2. The van der Waals surface area contributed by atoms with Crippen molar-refractivity contribution in [3.8, 4) is 0 Å². The molecule has 4 heteroatoms. The summed E-state index contributed by atoms with van der Waals surface area (Å²) in [5.41, 5.74) is -0.157. The Balaban J connectivity index is 2.38. The second-order valence-corrected chi connectivity index (χ2v) is 8.37. The molecule has 0 spiro atoms. The van der Waals surface area contributed by atoms with Crippen LogP contribution in [0.1, 0.15) is 67.2 Å². The average molecular weight is 294 g/mol. The van der Waals surface area contributed by atoms with Crippen LogP contribution in [0.15, 0.2) is 0 Å². The Bertz CT molecular complexity index is 437. The maximum Gasteiger partial charge on any atom is 0.246 e. The molecule has 2 aliphatic rings. The lowest BCUT2D eigenvalue weighted by molar-refractivity contribution is -0.157. The van der Waals surface area contributed by atoms with Crippen molar-refractivity contribution < 1.29 is 9.59 Å². The Morgan fingerprint density at radius 1 is 1.29 bits per heavy atom. The Hall–Kier alpha value is -1.06. The van der Waals surface area contributed by atoms with Crippen molar-refractivity contribution in [2.45, 2.75) is 85.4 Å². The van der Waals surface area contributed by atoms with E-state index in [0.717, 1.165) is 19.3 Å². The van der Waals surface area contributed by atoms with E-state index in [1.165, 1.54) is 0 Å². The molecule has 3 unspecified atom stereocenters. The summed E-state index contributed by atoms with van der Waals surface area (Å²) >= 11 is 0. The van der Waals surface area contributed by atoms with Gasteiger partial charge >= 0.3 is 0 Å². The molecule has 0 aromatic carbocycles. The van der Waals surface area contributed by atoms with Crippen LogP contribution in [0, 0.1) is 10.8 Å². The number of piperazine rings is 1. The molecule has 2 amide bonds. The van der Waals surface area contributed by atoms with E-state index in [2.05, 4.69) is 19.2 Å². The predicted molar refractivity (Wildman–Crippen MR) is 83.7 cm³/mol. The molecule has 2 rings (SSSR count). The van der Waals surface area contributed by atoms with Crippen molar-refractivity contribution in [3.63, 3.8) is 0 Å². The molecule has 1 N–H and O–H groups in total. The summed E-state index contributed by atoms with van der Waals surface area (Å²) in [5.74, 6) is 0.119. The van der Waals surface area contributed by atoms with E-state index in [9.17, 15) is 9.59 Å². The summed E-state index contributed by atoms with van der Waals surface area (Å²) in [5, 5.41) is 2.96. The van der Waals surface area contributed by atoms with Crippen LogP contribution in [0.25, 0.3) is 0 Å². The molecule has 0 bridgehead atoms. The number of nitrogens with one attached hydrogen (secondary N) is 1. The quantitative estimate of drug-likeness (QED) is 0.851. The van der Waals surface area contributed by atoms with Crippen molar-refractivity contribution in [2.24, 2.45) is 10.8 Å². The molecule has 2 fully saturated rings. The first kappa shape index (κ1) is 16.3. The van der Waals surface area contributed by atoms with E-state index in [0.29, 0.717) is 6.42 Å². The molecular weight excluding hydrogens is 264 g/mol. The number of carbonyl (C=O) groups excluding carboxylic acids is 2. The second-order valence-electron chi connectivity index (χ2n) is 8.37. The summed E-state index contributed by atoms with van der Waals surface area (Å²) in [4.78, 5) is 27.5. The van der Waals surface area contributed by atoms with Crippen molar-refractivity contribution in [3.05, 3.63) is 0 Å². The van der Waals surface area contributed by atoms with Crippen LogP contribution in [-0.4, -0.2) is 34.8 Å². The van der Waals surface area contributed by atoms with Gasteiger partial charge in [0.2, 0.25) is 11.8 Å². The molecule has 1 aliphatic carbocycles. The second kappa shape index (κ2) is 5.29. The van der Waals surface area contributed by atoms with Gasteiger partial charge in [0.25, 0.3) is 0 Å². The molecule has 1 heterocycles. The van der Waals surface area contributed by atoms with Crippen LogP contribution in [-0.2, 0) is 9.59 Å². The van der Waals surface area contributed by atoms with Gasteiger partial charge in [0.15, 0.2) is 0 Å². The van der Waals surface area contributed by atoms with Crippen LogP contribution in [0.3, 0.4) is 0 Å².